The Kier molecular flexibility index (Phi) is 9.10. The zero-order valence-corrected chi connectivity index (χ0v) is 10.3. The summed E-state index contributed by atoms with van der Waals surface area (Å²) < 4.78 is 4.83. The number of esters is 1. The van der Waals surface area contributed by atoms with Crippen molar-refractivity contribution in [2.45, 2.75) is 20.1 Å². The summed E-state index contributed by atoms with van der Waals surface area (Å²) in [5.41, 5.74) is 5.09. The number of carbonyl (C=O) groups excluding carboxylic acids is 2. The third-order valence-corrected chi connectivity index (χ3v) is 1.60. The van der Waals surface area contributed by atoms with Crippen LogP contribution in [0.4, 0.5) is 0 Å². The second-order valence-electron chi connectivity index (χ2n) is 3.35. The Bertz CT molecular complexity index is 260. The first-order chi connectivity index (χ1) is 7.22. The Morgan fingerprint density at radius 3 is 2.00 bits per heavy atom. The summed E-state index contributed by atoms with van der Waals surface area (Å²) in [6.45, 7) is 9.92. The zero-order chi connectivity index (χ0) is 13.3. The van der Waals surface area contributed by atoms with Gasteiger partial charge in [-0.25, -0.2) is 4.79 Å². The van der Waals surface area contributed by atoms with Gasteiger partial charge in [-0.1, -0.05) is 13.2 Å². The Morgan fingerprint density at radius 1 is 1.44 bits per heavy atom. The normalized spacial score (nSPS) is 10.8. The van der Waals surface area contributed by atoms with E-state index in [9.17, 15) is 9.59 Å². The maximum atomic E-state index is 10.6. The molecule has 0 aromatic heterocycles. The van der Waals surface area contributed by atoms with E-state index in [1.165, 1.54) is 0 Å². The SMILES string of the molecule is C=C(C)C(N)=O.C=CC(=O)OC(C)N(C)C. The molecule has 0 saturated heterocycles. The quantitative estimate of drug-likeness (QED) is 0.436. The van der Waals surface area contributed by atoms with E-state index >= 15 is 0 Å². The number of rotatable bonds is 4. The number of hydrogen-bond donors (Lipinski definition) is 1. The van der Waals surface area contributed by atoms with Gasteiger partial charge in [-0.2, -0.15) is 0 Å². The molecule has 0 radical (unpaired) electrons. The molecule has 0 rings (SSSR count). The molecule has 2 N–H and O–H groups in total. The fourth-order valence-corrected chi connectivity index (χ4v) is 0.322. The molecule has 0 aromatic rings. The topological polar surface area (TPSA) is 72.6 Å². The van der Waals surface area contributed by atoms with Crippen molar-refractivity contribution in [1.82, 2.24) is 4.90 Å². The van der Waals surface area contributed by atoms with Crippen LogP contribution in [0.2, 0.25) is 0 Å². The molecule has 0 aromatic carbocycles. The van der Waals surface area contributed by atoms with Crippen molar-refractivity contribution in [3.05, 3.63) is 24.8 Å². The molecule has 0 aliphatic carbocycles. The minimum Gasteiger partial charge on any atom is -0.444 e. The van der Waals surface area contributed by atoms with E-state index in [-0.39, 0.29) is 12.2 Å². The lowest BCUT2D eigenvalue weighted by Crippen LogP contribution is -2.29. The molecule has 16 heavy (non-hydrogen) atoms. The minimum absolute atomic E-state index is 0.189. The summed E-state index contributed by atoms with van der Waals surface area (Å²) in [5, 5.41) is 0. The van der Waals surface area contributed by atoms with Gasteiger partial charge in [-0.3, -0.25) is 9.69 Å². The molecule has 1 atom stereocenters. The van der Waals surface area contributed by atoms with Crippen molar-refractivity contribution in [1.29, 1.82) is 0 Å². The van der Waals surface area contributed by atoms with Crippen LogP contribution >= 0.6 is 0 Å². The summed E-state index contributed by atoms with van der Waals surface area (Å²) in [6, 6.07) is 0. The highest BCUT2D eigenvalue weighted by Gasteiger charge is 2.06. The fraction of sp³-hybridized carbons (Fsp3) is 0.455. The van der Waals surface area contributed by atoms with Crippen molar-refractivity contribution in [3.8, 4) is 0 Å². The number of nitrogens with zero attached hydrogens (tertiary/aromatic N) is 1. The fourth-order valence-electron chi connectivity index (χ4n) is 0.322. The van der Waals surface area contributed by atoms with Gasteiger partial charge >= 0.3 is 5.97 Å². The van der Waals surface area contributed by atoms with Crippen LogP contribution in [0.5, 0.6) is 0 Å². The average molecular weight is 228 g/mol. The molecule has 0 heterocycles. The summed E-state index contributed by atoms with van der Waals surface area (Å²) in [6.07, 6.45) is 0.963. The minimum atomic E-state index is -0.435. The first-order valence-electron chi connectivity index (χ1n) is 4.67. The molecule has 5 heteroatoms. The van der Waals surface area contributed by atoms with E-state index in [0.717, 1.165) is 6.08 Å². The van der Waals surface area contributed by atoms with Gasteiger partial charge in [-0.05, 0) is 27.9 Å². The van der Waals surface area contributed by atoms with Gasteiger partial charge in [-0.15, -0.1) is 0 Å². The van der Waals surface area contributed by atoms with Crippen LogP contribution in [0.3, 0.4) is 0 Å². The Hall–Kier alpha value is -1.62. The van der Waals surface area contributed by atoms with Crippen molar-refractivity contribution in [3.63, 3.8) is 0 Å². The van der Waals surface area contributed by atoms with Crippen LogP contribution in [0.15, 0.2) is 24.8 Å². The lowest BCUT2D eigenvalue weighted by atomic mass is 10.3. The van der Waals surface area contributed by atoms with Gasteiger partial charge in [0.25, 0.3) is 0 Å². The maximum Gasteiger partial charge on any atom is 0.331 e. The number of primary amides is 1. The third kappa shape index (κ3) is 10.5. The standard InChI is InChI=1S/C7H13NO2.C4H7NO/c1-5-7(9)10-6(2)8(3)4;1-3(2)4(5)6/h5-6H,1H2,2-4H3;1H2,2H3,(H2,5,6). The molecule has 0 fully saturated rings. The van der Waals surface area contributed by atoms with E-state index in [1.54, 1.807) is 18.7 Å². The van der Waals surface area contributed by atoms with E-state index < -0.39 is 5.91 Å². The van der Waals surface area contributed by atoms with Gasteiger partial charge in [0.15, 0.2) is 6.23 Å². The second kappa shape index (κ2) is 8.67. The first kappa shape index (κ1) is 16.8. The van der Waals surface area contributed by atoms with Crippen molar-refractivity contribution < 1.29 is 14.3 Å². The van der Waals surface area contributed by atoms with Gasteiger partial charge in [0.2, 0.25) is 5.91 Å². The molecule has 5 nitrogen and oxygen atoms in total. The zero-order valence-electron chi connectivity index (χ0n) is 10.3. The molecule has 0 aliphatic heterocycles. The molecule has 0 aliphatic rings. The molecule has 0 bridgehead atoms. The lowest BCUT2D eigenvalue weighted by molar-refractivity contribution is -0.149. The summed E-state index contributed by atoms with van der Waals surface area (Å²) in [4.78, 5) is 22.2. The molecule has 92 valence electrons. The molecular weight excluding hydrogens is 208 g/mol. The van der Waals surface area contributed by atoms with Crippen LogP contribution in [-0.4, -0.2) is 37.1 Å². The van der Waals surface area contributed by atoms with Crippen molar-refractivity contribution in [2.24, 2.45) is 5.73 Å². The van der Waals surface area contributed by atoms with E-state index in [0.29, 0.717) is 5.57 Å². The van der Waals surface area contributed by atoms with Crippen LogP contribution in [-0.2, 0) is 14.3 Å². The predicted octanol–water partition coefficient (Wildman–Crippen LogP) is 0.671. The number of carbonyl (C=O) groups is 2. The average Bonchev–Trinajstić information content (AvgIpc) is 2.18. The summed E-state index contributed by atoms with van der Waals surface area (Å²) in [5.74, 6) is -0.823. The molecule has 1 amide bonds. The molecule has 0 spiro atoms. The monoisotopic (exact) mass is 228 g/mol. The van der Waals surface area contributed by atoms with Gasteiger partial charge in [0.05, 0.1) is 0 Å². The van der Waals surface area contributed by atoms with Gasteiger partial charge in [0, 0.05) is 11.6 Å². The lowest BCUT2D eigenvalue weighted by Gasteiger charge is -2.18. The Balaban J connectivity index is 0. The van der Waals surface area contributed by atoms with E-state index in [4.69, 9.17) is 10.5 Å². The van der Waals surface area contributed by atoms with Crippen LogP contribution < -0.4 is 5.73 Å². The smallest absolute Gasteiger partial charge is 0.331 e. The Labute approximate surface area is 96.6 Å². The number of ether oxygens (including phenoxy) is 1. The van der Waals surface area contributed by atoms with Crippen molar-refractivity contribution in [2.75, 3.05) is 14.1 Å². The maximum absolute atomic E-state index is 10.6. The van der Waals surface area contributed by atoms with Crippen LogP contribution in [0.25, 0.3) is 0 Å². The third-order valence-electron chi connectivity index (χ3n) is 1.60. The van der Waals surface area contributed by atoms with Gasteiger partial charge in [0.1, 0.15) is 0 Å². The predicted molar refractivity (Wildman–Crippen MR) is 63.4 cm³/mol. The highest BCUT2D eigenvalue weighted by atomic mass is 16.6. The molecule has 0 saturated carbocycles. The van der Waals surface area contributed by atoms with Crippen LogP contribution in [0.1, 0.15) is 13.8 Å². The number of hydrogen-bond acceptors (Lipinski definition) is 4. The largest absolute Gasteiger partial charge is 0.444 e. The summed E-state index contributed by atoms with van der Waals surface area (Å²) in [7, 11) is 3.67. The van der Waals surface area contributed by atoms with E-state index in [2.05, 4.69) is 13.2 Å². The van der Waals surface area contributed by atoms with Gasteiger partial charge < -0.3 is 10.5 Å². The number of nitrogens with two attached hydrogens (primary N) is 1. The summed E-state index contributed by atoms with van der Waals surface area (Å²) >= 11 is 0. The van der Waals surface area contributed by atoms with Crippen LogP contribution in [0, 0.1) is 0 Å². The van der Waals surface area contributed by atoms with E-state index in [1.807, 2.05) is 14.1 Å². The second-order valence-corrected chi connectivity index (χ2v) is 3.35. The first-order valence-corrected chi connectivity index (χ1v) is 4.67. The molecule has 1 unspecified atom stereocenters. The number of amides is 1. The highest BCUT2D eigenvalue weighted by molar-refractivity contribution is 5.90. The molecular formula is C11H20N2O3. The highest BCUT2D eigenvalue weighted by Crippen LogP contribution is 1.94. The Morgan fingerprint density at radius 2 is 1.81 bits per heavy atom. The van der Waals surface area contributed by atoms with Crippen molar-refractivity contribution >= 4 is 11.9 Å².